The molecule has 0 aliphatic carbocycles. The summed E-state index contributed by atoms with van der Waals surface area (Å²) in [6.07, 6.45) is 1.75. The average Bonchev–Trinajstić information content (AvgIpc) is 2.62. The fraction of sp³-hybridized carbons (Fsp3) is 0.105. The minimum Gasteiger partial charge on any atom is -0.497 e. The van der Waals surface area contributed by atoms with Gasteiger partial charge in [0.2, 0.25) is 0 Å². The minimum atomic E-state index is -0.252. The van der Waals surface area contributed by atoms with Crippen molar-refractivity contribution in [1.82, 2.24) is 4.98 Å². The number of nitrogens with zero attached hydrogens (tertiary/aromatic N) is 1. The van der Waals surface area contributed by atoms with Crippen LogP contribution < -0.4 is 10.1 Å². The van der Waals surface area contributed by atoms with Gasteiger partial charge in [-0.25, -0.2) is 4.39 Å². The Morgan fingerprint density at radius 3 is 2.30 bits per heavy atom. The largest absolute Gasteiger partial charge is 0.497 e. The molecule has 3 aromatic rings. The van der Waals surface area contributed by atoms with Crippen LogP contribution in [0.15, 0.2) is 72.9 Å². The number of pyridine rings is 1. The number of ether oxygens (including phenoxy) is 1. The molecule has 116 valence electrons. The maximum absolute atomic E-state index is 13.2. The molecule has 0 amide bonds. The summed E-state index contributed by atoms with van der Waals surface area (Å²) in [5, 5.41) is 3.44. The van der Waals surface area contributed by atoms with Gasteiger partial charge in [-0.1, -0.05) is 18.2 Å². The van der Waals surface area contributed by atoms with Gasteiger partial charge in [-0.2, -0.15) is 0 Å². The summed E-state index contributed by atoms with van der Waals surface area (Å²) in [5.41, 5.74) is 2.75. The highest BCUT2D eigenvalue weighted by molar-refractivity contribution is 5.50. The van der Waals surface area contributed by atoms with Crippen LogP contribution in [0.4, 0.5) is 10.1 Å². The van der Waals surface area contributed by atoms with Gasteiger partial charge in [-0.3, -0.25) is 4.98 Å². The molecule has 23 heavy (non-hydrogen) atoms. The summed E-state index contributed by atoms with van der Waals surface area (Å²) in [6.45, 7) is 0. The monoisotopic (exact) mass is 308 g/mol. The van der Waals surface area contributed by atoms with Gasteiger partial charge < -0.3 is 10.1 Å². The Labute approximate surface area is 134 Å². The van der Waals surface area contributed by atoms with Gasteiger partial charge in [0, 0.05) is 11.9 Å². The van der Waals surface area contributed by atoms with Gasteiger partial charge in [-0.15, -0.1) is 0 Å². The molecule has 0 radical (unpaired) electrons. The lowest BCUT2D eigenvalue weighted by Crippen LogP contribution is -2.13. The van der Waals surface area contributed by atoms with Crippen LogP contribution in [0.1, 0.15) is 17.3 Å². The number of hydrogen-bond acceptors (Lipinski definition) is 3. The number of halogens is 1. The normalized spacial score (nSPS) is 11.7. The first-order valence-corrected chi connectivity index (χ1v) is 7.33. The van der Waals surface area contributed by atoms with E-state index in [4.69, 9.17) is 4.74 Å². The molecule has 0 spiro atoms. The lowest BCUT2D eigenvalue weighted by Gasteiger charge is -2.20. The van der Waals surface area contributed by atoms with E-state index in [1.807, 2.05) is 42.5 Å². The van der Waals surface area contributed by atoms with Crippen LogP contribution in [0.2, 0.25) is 0 Å². The van der Waals surface area contributed by atoms with Crippen molar-refractivity contribution in [3.8, 4) is 5.75 Å². The molecule has 4 heteroatoms. The highest BCUT2D eigenvalue weighted by atomic mass is 19.1. The summed E-state index contributed by atoms with van der Waals surface area (Å²) in [7, 11) is 1.64. The zero-order chi connectivity index (χ0) is 16.1. The molecule has 1 N–H and O–H groups in total. The maximum Gasteiger partial charge on any atom is 0.123 e. The highest BCUT2D eigenvalue weighted by Crippen LogP contribution is 2.26. The molecule has 0 saturated heterocycles. The second-order valence-electron chi connectivity index (χ2n) is 5.11. The Balaban J connectivity index is 1.93. The minimum absolute atomic E-state index is 0.162. The lowest BCUT2D eigenvalue weighted by atomic mass is 10.0. The van der Waals surface area contributed by atoms with Gasteiger partial charge >= 0.3 is 0 Å². The molecule has 0 bridgehead atoms. The smallest absolute Gasteiger partial charge is 0.123 e. The third-order valence-corrected chi connectivity index (χ3v) is 3.59. The van der Waals surface area contributed by atoms with Crippen LogP contribution in [0, 0.1) is 5.82 Å². The molecule has 1 aromatic heterocycles. The van der Waals surface area contributed by atoms with Gasteiger partial charge in [0.25, 0.3) is 0 Å². The molecule has 3 rings (SSSR count). The molecular formula is C19H17FN2O. The fourth-order valence-corrected chi connectivity index (χ4v) is 2.38. The zero-order valence-electron chi connectivity index (χ0n) is 12.7. The topological polar surface area (TPSA) is 34.1 Å². The Morgan fingerprint density at radius 2 is 1.70 bits per heavy atom. The number of anilines is 1. The van der Waals surface area contributed by atoms with Crippen LogP contribution in [-0.4, -0.2) is 12.1 Å². The predicted octanol–water partition coefficient (Wildman–Crippen LogP) is 4.43. The van der Waals surface area contributed by atoms with E-state index in [1.165, 1.54) is 12.1 Å². The molecular weight excluding hydrogens is 291 g/mol. The van der Waals surface area contributed by atoms with E-state index in [1.54, 1.807) is 25.4 Å². The van der Waals surface area contributed by atoms with E-state index in [9.17, 15) is 4.39 Å². The van der Waals surface area contributed by atoms with Crippen molar-refractivity contribution >= 4 is 5.69 Å². The fourth-order valence-electron chi connectivity index (χ4n) is 2.38. The summed E-state index contributed by atoms with van der Waals surface area (Å²) < 4.78 is 18.4. The van der Waals surface area contributed by atoms with Crippen molar-refractivity contribution in [3.63, 3.8) is 0 Å². The highest BCUT2D eigenvalue weighted by Gasteiger charge is 2.15. The first kappa shape index (κ1) is 15.0. The molecule has 0 aliphatic heterocycles. The maximum atomic E-state index is 13.2. The summed E-state index contributed by atoms with van der Waals surface area (Å²) in [4.78, 5) is 4.43. The number of nitrogens with one attached hydrogen (secondary N) is 1. The van der Waals surface area contributed by atoms with Crippen LogP contribution in [0.5, 0.6) is 5.75 Å². The van der Waals surface area contributed by atoms with Crippen molar-refractivity contribution < 1.29 is 9.13 Å². The standard InChI is InChI=1S/C19H17FN2O/c1-23-17-11-9-16(10-12-17)22-19(18-4-2-3-13-21-18)14-5-7-15(20)8-6-14/h2-13,19,22H,1H3. The Bertz CT molecular complexity index is 743. The van der Waals surface area contributed by atoms with E-state index in [0.717, 1.165) is 22.7 Å². The molecule has 0 saturated carbocycles. The summed E-state index contributed by atoms with van der Waals surface area (Å²) in [5.74, 6) is 0.546. The first-order chi connectivity index (χ1) is 11.3. The van der Waals surface area contributed by atoms with E-state index in [2.05, 4.69) is 10.3 Å². The second-order valence-corrected chi connectivity index (χ2v) is 5.11. The quantitative estimate of drug-likeness (QED) is 0.757. The molecule has 3 nitrogen and oxygen atoms in total. The Morgan fingerprint density at radius 1 is 0.957 bits per heavy atom. The van der Waals surface area contributed by atoms with Crippen LogP contribution >= 0.6 is 0 Å². The first-order valence-electron chi connectivity index (χ1n) is 7.33. The molecule has 0 fully saturated rings. The third kappa shape index (κ3) is 3.66. The Kier molecular flexibility index (Phi) is 4.52. The molecule has 1 atom stereocenters. The van der Waals surface area contributed by atoms with Crippen molar-refractivity contribution in [3.05, 3.63) is 90.0 Å². The van der Waals surface area contributed by atoms with Crippen molar-refractivity contribution in [1.29, 1.82) is 0 Å². The van der Waals surface area contributed by atoms with Gasteiger partial charge in [0.15, 0.2) is 0 Å². The van der Waals surface area contributed by atoms with Crippen LogP contribution in [0.3, 0.4) is 0 Å². The van der Waals surface area contributed by atoms with Crippen LogP contribution in [0.25, 0.3) is 0 Å². The molecule has 2 aromatic carbocycles. The number of aromatic nitrogens is 1. The zero-order valence-corrected chi connectivity index (χ0v) is 12.7. The number of rotatable bonds is 5. The molecule has 0 aliphatic rings. The van der Waals surface area contributed by atoms with Crippen LogP contribution in [-0.2, 0) is 0 Å². The summed E-state index contributed by atoms with van der Waals surface area (Å²) >= 11 is 0. The van der Waals surface area contributed by atoms with Crippen molar-refractivity contribution in [2.75, 3.05) is 12.4 Å². The summed E-state index contributed by atoms with van der Waals surface area (Å²) in [6, 6.07) is 19.7. The van der Waals surface area contributed by atoms with E-state index >= 15 is 0 Å². The van der Waals surface area contributed by atoms with Crippen molar-refractivity contribution in [2.45, 2.75) is 6.04 Å². The van der Waals surface area contributed by atoms with Gasteiger partial charge in [0.1, 0.15) is 11.6 Å². The Hall–Kier alpha value is -2.88. The lowest BCUT2D eigenvalue weighted by molar-refractivity contribution is 0.415. The van der Waals surface area contributed by atoms with E-state index < -0.39 is 0 Å². The average molecular weight is 308 g/mol. The number of benzene rings is 2. The van der Waals surface area contributed by atoms with Gasteiger partial charge in [0.05, 0.1) is 18.8 Å². The molecule has 1 unspecified atom stereocenters. The second kappa shape index (κ2) is 6.92. The predicted molar refractivity (Wildman–Crippen MR) is 89.1 cm³/mol. The third-order valence-electron chi connectivity index (χ3n) is 3.59. The SMILES string of the molecule is COc1ccc(NC(c2ccc(F)cc2)c2ccccn2)cc1. The number of methoxy groups -OCH3 is 1. The van der Waals surface area contributed by atoms with E-state index in [0.29, 0.717) is 0 Å². The molecule has 1 heterocycles. The van der Waals surface area contributed by atoms with Crippen molar-refractivity contribution in [2.24, 2.45) is 0 Å². The van der Waals surface area contributed by atoms with Gasteiger partial charge in [-0.05, 0) is 54.1 Å². The number of hydrogen-bond donors (Lipinski definition) is 1. The van der Waals surface area contributed by atoms with E-state index in [-0.39, 0.29) is 11.9 Å².